The van der Waals surface area contributed by atoms with Crippen molar-refractivity contribution < 1.29 is 23.7 Å². The van der Waals surface area contributed by atoms with E-state index in [4.69, 9.17) is 14.2 Å². The van der Waals surface area contributed by atoms with Gasteiger partial charge in [-0.1, -0.05) is 6.08 Å². The van der Waals surface area contributed by atoms with Crippen LogP contribution in [-0.4, -0.2) is 39.4 Å². The number of fused-ring (bicyclic) bond motifs is 5. The standard InChI is InChI=1S/C17H26O5/c1-19-16(18)22-11-6-4-5-7-12-13(10-11)15-9-8-14(12)17(15,20-2)21-3/h4,6,11-15H,5,7-10H2,1-3H3/b6-4+. The lowest BCUT2D eigenvalue weighted by molar-refractivity contribution is -0.239. The highest BCUT2D eigenvalue weighted by Crippen LogP contribution is 2.62. The second kappa shape index (κ2) is 6.20. The molecule has 0 aromatic heterocycles. The smallest absolute Gasteiger partial charge is 0.438 e. The summed E-state index contributed by atoms with van der Waals surface area (Å²) in [5.41, 5.74) is 0. The average molecular weight is 310 g/mol. The topological polar surface area (TPSA) is 54.0 Å². The summed E-state index contributed by atoms with van der Waals surface area (Å²) >= 11 is 0. The van der Waals surface area contributed by atoms with E-state index in [-0.39, 0.29) is 6.10 Å². The predicted octanol–water partition coefficient (Wildman–Crippen LogP) is 3.14. The zero-order valence-electron chi connectivity index (χ0n) is 13.6. The maximum absolute atomic E-state index is 11.4. The largest absolute Gasteiger partial charge is 0.508 e. The number of hydrogen-bond acceptors (Lipinski definition) is 5. The van der Waals surface area contributed by atoms with Crippen LogP contribution in [0.4, 0.5) is 4.79 Å². The second-order valence-electron chi connectivity index (χ2n) is 6.60. The summed E-state index contributed by atoms with van der Waals surface area (Å²) in [5.74, 6) is 1.43. The number of methoxy groups -OCH3 is 3. The monoisotopic (exact) mass is 310 g/mol. The van der Waals surface area contributed by atoms with Gasteiger partial charge in [-0.25, -0.2) is 4.79 Å². The van der Waals surface area contributed by atoms with Crippen LogP contribution in [0.3, 0.4) is 0 Å². The molecule has 22 heavy (non-hydrogen) atoms. The maximum Gasteiger partial charge on any atom is 0.508 e. The van der Waals surface area contributed by atoms with Crippen molar-refractivity contribution in [1.82, 2.24) is 0 Å². The third-order valence-electron chi connectivity index (χ3n) is 5.98. The minimum absolute atomic E-state index is 0.217. The molecule has 3 rings (SSSR count). The molecule has 5 atom stereocenters. The number of rotatable bonds is 3. The third kappa shape index (κ3) is 2.35. The van der Waals surface area contributed by atoms with E-state index in [0.717, 1.165) is 25.7 Å². The summed E-state index contributed by atoms with van der Waals surface area (Å²) in [6.07, 6.45) is 8.58. The number of carbonyl (C=O) groups is 1. The first-order valence-corrected chi connectivity index (χ1v) is 8.17. The van der Waals surface area contributed by atoms with Gasteiger partial charge in [-0.15, -0.1) is 0 Å². The number of allylic oxidation sites excluding steroid dienone is 1. The summed E-state index contributed by atoms with van der Waals surface area (Å²) < 4.78 is 21.8. The molecule has 2 fully saturated rings. The molecule has 0 spiro atoms. The molecular formula is C17H26O5. The highest BCUT2D eigenvalue weighted by molar-refractivity contribution is 5.60. The predicted molar refractivity (Wildman–Crippen MR) is 80.2 cm³/mol. The molecule has 3 aliphatic carbocycles. The minimum atomic E-state index is -0.611. The van der Waals surface area contributed by atoms with Crippen molar-refractivity contribution in [3.8, 4) is 0 Å². The average Bonchev–Trinajstić information content (AvgIpc) is 2.99. The number of ether oxygens (including phenoxy) is 4. The molecule has 0 saturated heterocycles. The fourth-order valence-electron chi connectivity index (χ4n) is 5.24. The zero-order chi connectivity index (χ0) is 15.7. The van der Waals surface area contributed by atoms with Crippen LogP contribution >= 0.6 is 0 Å². The van der Waals surface area contributed by atoms with Crippen molar-refractivity contribution in [2.24, 2.45) is 23.7 Å². The van der Waals surface area contributed by atoms with E-state index in [2.05, 4.69) is 10.8 Å². The Morgan fingerprint density at radius 2 is 1.73 bits per heavy atom. The van der Waals surface area contributed by atoms with Gasteiger partial charge in [-0.3, -0.25) is 0 Å². The van der Waals surface area contributed by atoms with Crippen LogP contribution in [0, 0.1) is 23.7 Å². The van der Waals surface area contributed by atoms with Crippen LogP contribution in [0.25, 0.3) is 0 Å². The Balaban J connectivity index is 1.82. The Kier molecular flexibility index (Phi) is 4.46. The molecule has 2 bridgehead atoms. The summed E-state index contributed by atoms with van der Waals surface area (Å²) in [7, 11) is 4.86. The highest BCUT2D eigenvalue weighted by atomic mass is 16.7. The molecule has 124 valence electrons. The van der Waals surface area contributed by atoms with Crippen molar-refractivity contribution in [3.05, 3.63) is 12.2 Å². The molecule has 0 N–H and O–H groups in total. The van der Waals surface area contributed by atoms with Gasteiger partial charge in [0.1, 0.15) is 6.10 Å². The van der Waals surface area contributed by atoms with Crippen molar-refractivity contribution >= 4 is 6.16 Å². The molecule has 5 nitrogen and oxygen atoms in total. The van der Waals surface area contributed by atoms with E-state index >= 15 is 0 Å². The van der Waals surface area contributed by atoms with Crippen LogP contribution < -0.4 is 0 Å². The van der Waals surface area contributed by atoms with E-state index in [0.29, 0.717) is 23.7 Å². The zero-order valence-corrected chi connectivity index (χ0v) is 13.6. The highest BCUT2D eigenvalue weighted by Gasteiger charge is 2.64. The van der Waals surface area contributed by atoms with Crippen LogP contribution in [0.1, 0.15) is 32.1 Å². The molecular weight excluding hydrogens is 284 g/mol. The lowest BCUT2D eigenvalue weighted by Crippen LogP contribution is -2.40. The summed E-state index contributed by atoms with van der Waals surface area (Å²) in [6.45, 7) is 0. The van der Waals surface area contributed by atoms with E-state index in [1.807, 2.05) is 6.08 Å². The van der Waals surface area contributed by atoms with Crippen LogP contribution in [0.2, 0.25) is 0 Å². The molecule has 0 aromatic carbocycles. The van der Waals surface area contributed by atoms with Crippen molar-refractivity contribution in [3.63, 3.8) is 0 Å². The van der Waals surface area contributed by atoms with Crippen molar-refractivity contribution in [2.75, 3.05) is 21.3 Å². The minimum Gasteiger partial charge on any atom is -0.438 e. The molecule has 0 amide bonds. The maximum atomic E-state index is 11.4. The SMILES string of the molecule is COC(=O)OC1/C=C/CCC2C(C1)C1CCC2C1(OC)OC. The fraction of sp³-hybridized carbons (Fsp3) is 0.824. The second-order valence-corrected chi connectivity index (χ2v) is 6.60. The Morgan fingerprint density at radius 1 is 1.05 bits per heavy atom. The van der Waals surface area contributed by atoms with Crippen LogP contribution in [0.15, 0.2) is 12.2 Å². The van der Waals surface area contributed by atoms with Gasteiger partial charge in [-0.2, -0.15) is 0 Å². The van der Waals surface area contributed by atoms with E-state index in [1.165, 1.54) is 13.5 Å². The Bertz CT molecular complexity index is 442. The first kappa shape index (κ1) is 15.8. The molecule has 2 saturated carbocycles. The van der Waals surface area contributed by atoms with Gasteiger partial charge in [0.2, 0.25) is 0 Å². The van der Waals surface area contributed by atoms with E-state index in [1.54, 1.807) is 14.2 Å². The van der Waals surface area contributed by atoms with Gasteiger partial charge in [0.15, 0.2) is 5.79 Å². The van der Waals surface area contributed by atoms with Crippen molar-refractivity contribution in [2.45, 2.75) is 44.0 Å². The van der Waals surface area contributed by atoms with Crippen LogP contribution in [0.5, 0.6) is 0 Å². The normalized spacial score (nSPS) is 40.4. The first-order valence-electron chi connectivity index (χ1n) is 8.17. The lowest BCUT2D eigenvalue weighted by Gasteiger charge is -2.33. The molecule has 0 aliphatic heterocycles. The third-order valence-corrected chi connectivity index (χ3v) is 5.98. The summed E-state index contributed by atoms with van der Waals surface area (Å²) in [4.78, 5) is 11.4. The Hall–Kier alpha value is -1.07. The lowest BCUT2D eigenvalue weighted by atomic mass is 9.73. The van der Waals surface area contributed by atoms with E-state index in [9.17, 15) is 4.79 Å². The van der Waals surface area contributed by atoms with Gasteiger partial charge in [0, 0.05) is 26.1 Å². The molecule has 3 aliphatic rings. The molecule has 0 aromatic rings. The molecule has 0 radical (unpaired) electrons. The quantitative estimate of drug-likeness (QED) is 0.455. The summed E-state index contributed by atoms with van der Waals surface area (Å²) in [5, 5.41) is 0. The Labute approximate surface area is 131 Å². The van der Waals surface area contributed by atoms with Gasteiger partial charge in [0.25, 0.3) is 0 Å². The van der Waals surface area contributed by atoms with Gasteiger partial charge in [-0.05, 0) is 50.0 Å². The Morgan fingerprint density at radius 3 is 2.36 bits per heavy atom. The number of hydrogen-bond donors (Lipinski definition) is 0. The van der Waals surface area contributed by atoms with Crippen LogP contribution in [-0.2, 0) is 18.9 Å². The van der Waals surface area contributed by atoms with Crippen molar-refractivity contribution in [1.29, 1.82) is 0 Å². The van der Waals surface area contributed by atoms with E-state index < -0.39 is 11.9 Å². The molecule has 5 heteroatoms. The fourth-order valence-corrected chi connectivity index (χ4v) is 5.24. The molecule has 0 heterocycles. The van der Waals surface area contributed by atoms with Gasteiger partial charge in [0.05, 0.1) is 7.11 Å². The first-order chi connectivity index (χ1) is 10.7. The van der Waals surface area contributed by atoms with Gasteiger partial charge >= 0.3 is 6.16 Å². The molecule has 5 unspecified atom stereocenters. The number of carbonyl (C=O) groups excluding carboxylic acids is 1. The summed E-state index contributed by atoms with van der Waals surface area (Å²) in [6, 6.07) is 0. The van der Waals surface area contributed by atoms with Gasteiger partial charge < -0.3 is 18.9 Å².